The molecule has 1 rings (SSSR count). The molecule has 1 aromatic carbocycles. The minimum Gasteiger partial charge on any atom is -0.494 e. The van der Waals surface area contributed by atoms with Gasteiger partial charge >= 0.3 is 0 Å². The highest BCUT2D eigenvalue weighted by Gasteiger charge is 2.23. The number of carbonyl (C=O) groups is 1. The molecule has 0 aliphatic heterocycles. The van der Waals surface area contributed by atoms with Crippen LogP contribution in [0.5, 0.6) is 5.75 Å². The molecule has 0 fully saturated rings. The summed E-state index contributed by atoms with van der Waals surface area (Å²) >= 11 is 0. The highest BCUT2D eigenvalue weighted by Crippen LogP contribution is 2.23. The van der Waals surface area contributed by atoms with Crippen molar-refractivity contribution in [2.75, 3.05) is 27.2 Å². The van der Waals surface area contributed by atoms with E-state index in [9.17, 15) is 13.2 Å². The Labute approximate surface area is 119 Å². The molecule has 112 valence electrons. The van der Waals surface area contributed by atoms with Gasteiger partial charge in [0.2, 0.25) is 15.9 Å². The third-order valence-electron chi connectivity index (χ3n) is 2.80. The second-order valence-electron chi connectivity index (χ2n) is 4.29. The summed E-state index contributed by atoms with van der Waals surface area (Å²) in [7, 11) is -0.848. The predicted octanol–water partition coefficient (Wildman–Crippen LogP) is 0.760. The van der Waals surface area contributed by atoms with Crippen LogP contribution in [0.3, 0.4) is 0 Å². The number of aryl methyl sites for hydroxylation is 1. The summed E-state index contributed by atoms with van der Waals surface area (Å²) in [6, 6.07) is 4.65. The Morgan fingerprint density at radius 3 is 2.55 bits per heavy atom. The number of nitrogens with zero attached hydrogens (tertiary/aromatic N) is 1. The average Bonchev–Trinajstić information content (AvgIpc) is 2.40. The zero-order valence-corrected chi connectivity index (χ0v) is 13.0. The van der Waals surface area contributed by atoms with Gasteiger partial charge in [-0.3, -0.25) is 4.79 Å². The monoisotopic (exact) mass is 300 g/mol. The summed E-state index contributed by atoms with van der Waals surface area (Å²) in [5.41, 5.74) is 0.737. The van der Waals surface area contributed by atoms with E-state index in [1.54, 1.807) is 19.1 Å². The minimum absolute atomic E-state index is 0.143. The maximum absolute atomic E-state index is 12.3. The molecule has 0 spiro atoms. The van der Waals surface area contributed by atoms with Crippen LogP contribution in [0.2, 0.25) is 0 Å². The Morgan fingerprint density at radius 1 is 1.40 bits per heavy atom. The van der Waals surface area contributed by atoms with Gasteiger partial charge in [-0.25, -0.2) is 8.42 Å². The number of carbonyl (C=O) groups excluding carboxylic acids is 1. The first-order valence-corrected chi connectivity index (χ1v) is 7.67. The number of nitrogens with one attached hydrogen (secondary N) is 1. The maximum Gasteiger partial charge on any atom is 0.243 e. The standard InChI is InChI=1S/C13H20N2O4S/c1-5-19-12-7-6-11(8-10(12)2)20(17,18)15(4)9-13(16)14-3/h6-8H,5,9H2,1-4H3,(H,14,16). The lowest BCUT2D eigenvalue weighted by Crippen LogP contribution is -2.36. The molecule has 1 N–H and O–H groups in total. The zero-order valence-electron chi connectivity index (χ0n) is 12.1. The molecular weight excluding hydrogens is 280 g/mol. The smallest absolute Gasteiger partial charge is 0.243 e. The Kier molecular flexibility index (Phi) is 5.52. The number of benzene rings is 1. The summed E-state index contributed by atoms with van der Waals surface area (Å²) in [6.07, 6.45) is 0. The first-order valence-electron chi connectivity index (χ1n) is 6.23. The van der Waals surface area contributed by atoms with Crippen molar-refractivity contribution >= 4 is 15.9 Å². The lowest BCUT2D eigenvalue weighted by molar-refractivity contribution is -0.120. The molecule has 0 unspecified atom stereocenters. The molecule has 6 nitrogen and oxygen atoms in total. The fourth-order valence-electron chi connectivity index (χ4n) is 1.65. The predicted molar refractivity (Wildman–Crippen MR) is 76.2 cm³/mol. The van der Waals surface area contributed by atoms with E-state index in [-0.39, 0.29) is 17.3 Å². The van der Waals surface area contributed by atoms with Gasteiger partial charge in [-0.2, -0.15) is 4.31 Å². The van der Waals surface area contributed by atoms with Gasteiger partial charge in [0.05, 0.1) is 18.0 Å². The first kappa shape index (κ1) is 16.5. The fourth-order valence-corrected chi connectivity index (χ4v) is 2.86. The molecule has 20 heavy (non-hydrogen) atoms. The highest BCUT2D eigenvalue weighted by molar-refractivity contribution is 7.89. The van der Waals surface area contributed by atoms with Crippen LogP contribution < -0.4 is 10.1 Å². The summed E-state index contributed by atoms with van der Waals surface area (Å²) in [5, 5.41) is 2.39. The van der Waals surface area contributed by atoms with Crippen molar-refractivity contribution in [1.29, 1.82) is 0 Å². The van der Waals surface area contributed by atoms with E-state index in [4.69, 9.17) is 4.74 Å². The molecule has 0 heterocycles. The molecular formula is C13H20N2O4S. The molecule has 0 bridgehead atoms. The fraction of sp³-hybridized carbons (Fsp3) is 0.462. The molecule has 0 atom stereocenters. The molecule has 7 heteroatoms. The van der Waals surface area contributed by atoms with Crippen molar-refractivity contribution < 1.29 is 17.9 Å². The maximum atomic E-state index is 12.3. The lowest BCUT2D eigenvalue weighted by Gasteiger charge is -2.17. The van der Waals surface area contributed by atoms with Gasteiger partial charge < -0.3 is 10.1 Å². The van der Waals surface area contributed by atoms with Gasteiger partial charge in [0.25, 0.3) is 0 Å². The van der Waals surface area contributed by atoms with Gasteiger partial charge in [0.15, 0.2) is 0 Å². The van der Waals surface area contributed by atoms with Crippen LogP contribution in [-0.2, 0) is 14.8 Å². The van der Waals surface area contributed by atoms with E-state index in [0.717, 1.165) is 9.87 Å². The van der Waals surface area contributed by atoms with Gasteiger partial charge in [-0.1, -0.05) is 0 Å². The number of sulfonamides is 1. The van der Waals surface area contributed by atoms with Crippen molar-refractivity contribution in [3.05, 3.63) is 23.8 Å². The molecule has 0 saturated carbocycles. The van der Waals surface area contributed by atoms with Crippen LogP contribution in [0.4, 0.5) is 0 Å². The highest BCUT2D eigenvalue weighted by atomic mass is 32.2. The van der Waals surface area contributed by atoms with Crippen LogP contribution in [0.15, 0.2) is 23.1 Å². The van der Waals surface area contributed by atoms with Crippen LogP contribution in [0.1, 0.15) is 12.5 Å². The van der Waals surface area contributed by atoms with Gasteiger partial charge in [0.1, 0.15) is 5.75 Å². The van der Waals surface area contributed by atoms with E-state index in [1.807, 2.05) is 6.92 Å². The van der Waals surface area contributed by atoms with E-state index in [2.05, 4.69) is 5.32 Å². The second kappa shape index (κ2) is 6.71. The number of hydrogen-bond acceptors (Lipinski definition) is 4. The summed E-state index contributed by atoms with van der Waals surface area (Å²) in [5.74, 6) is 0.291. The van der Waals surface area contributed by atoms with E-state index in [0.29, 0.717) is 12.4 Å². The molecule has 1 aromatic rings. The Balaban J connectivity index is 3.03. The first-order chi connectivity index (χ1) is 9.32. The number of hydrogen-bond donors (Lipinski definition) is 1. The third-order valence-corrected chi connectivity index (χ3v) is 4.60. The third kappa shape index (κ3) is 3.71. The number of rotatable bonds is 6. The normalized spacial score (nSPS) is 11.4. The van der Waals surface area contributed by atoms with Gasteiger partial charge in [-0.15, -0.1) is 0 Å². The van der Waals surface area contributed by atoms with Crippen molar-refractivity contribution in [1.82, 2.24) is 9.62 Å². The van der Waals surface area contributed by atoms with E-state index < -0.39 is 10.0 Å². The van der Waals surface area contributed by atoms with E-state index >= 15 is 0 Å². The molecule has 0 aromatic heterocycles. The van der Waals surface area contributed by atoms with Crippen LogP contribution in [0, 0.1) is 6.92 Å². The molecule has 0 aliphatic rings. The summed E-state index contributed by atoms with van der Waals surface area (Å²) in [6.45, 7) is 3.94. The zero-order chi connectivity index (χ0) is 15.3. The van der Waals surface area contributed by atoms with Crippen molar-refractivity contribution in [2.45, 2.75) is 18.7 Å². The van der Waals surface area contributed by atoms with Gasteiger partial charge in [-0.05, 0) is 37.6 Å². The molecule has 1 amide bonds. The van der Waals surface area contributed by atoms with Gasteiger partial charge in [0, 0.05) is 14.1 Å². The number of likely N-dealkylation sites (N-methyl/N-ethyl adjacent to an activating group) is 2. The molecule has 0 saturated heterocycles. The van der Waals surface area contributed by atoms with Crippen molar-refractivity contribution in [3.63, 3.8) is 0 Å². The topological polar surface area (TPSA) is 75.7 Å². The summed E-state index contributed by atoms with van der Waals surface area (Å²) in [4.78, 5) is 11.4. The largest absolute Gasteiger partial charge is 0.494 e. The van der Waals surface area contributed by atoms with Crippen LogP contribution >= 0.6 is 0 Å². The second-order valence-corrected chi connectivity index (χ2v) is 6.34. The quantitative estimate of drug-likeness (QED) is 0.841. The van der Waals surface area contributed by atoms with Crippen molar-refractivity contribution in [3.8, 4) is 5.75 Å². The lowest BCUT2D eigenvalue weighted by atomic mass is 10.2. The number of amides is 1. The Morgan fingerprint density at radius 2 is 2.05 bits per heavy atom. The van der Waals surface area contributed by atoms with Crippen LogP contribution in [0.25, 0.3) is 0 Å². The SMILES string of the molecule is CCOc1ccc(S(=O)(=O)N(C)CC(=O)NC)cc1C. The molecule has 0 aliphatic carbocycles. The Hall–Kier alpha value is -1.60. The number of ether oxygens (including phenoxy) is 1. The van der Waals surface area contributed by atoms with Crippen LogP contribution in [-0.4, -0.2) is 45.9 Å². The van der Waals surface area contributed by atoms with Crippen molar-refractivity contribution in [2.24, 2.45) is 0 Å². The average molecular weight is 300 g/mol. The Bertz CT molecular complexity index is 584. The summed E-state index contributed by atoms with van der Waals surface area (Å²) < 4.78 is 31.0. The minimum atomic E-state index is -3.68. The van der Waals surface area contributed by atoms with E-state index in [1.165, 1.54) is 20.2 Å². The molecule has 0 radical (unpaired) electrons.